The molecular weight excluding hydrogens is 500 g/mol. The molecule has 7 heteroatoms. The molecule has 2 heterocycles. The second kappa shape index (κ2) is 16.8. The van der Waals surface area contributed by atoms with Gasteiger partial charge in [-0.05, 0) is 71.3 Å². The molecule has 0 radical (unpaired) electrons. The Kier molecular flexibility index (Phi) is 14.6. The molecular formula is C30H40N2O3S2. The van der Waals surface area contributed by atoms with E-state index in [4.69, 9.17) is 4.74 Å². The molecule has 200 valence electrons. The molecule has 0 aliphatic rings. The molecule has 0 spiro atoms. The van der Waals surface area contributed by atoms with E-state index in [-0.39, 0.29) is 12.1 Å². The first-order valence-corrected chi connectivity index (χ1v) is 13.8. The van der Waals surface area contributed by atoms with E-state index in [1.807, 2.05) is 76.6 Å². The van der Waals surface area contributed by atoms with Gasteiger partial charge in [0.05, 0.1) is 27.5 Å². The first kappa shape index (κ1) is 32.2. The van der Waals surface area contributed by atoms with Crippen molar-refractivity contribution in [3.63, 3.8) is 0 Å². The van der Waals surface area contributed by atoms with E-state index >= 15 is 0 Å². The number of nitrogens with zero attached hydrogens (tertiary/aromatic N) is 2. The van der Waals surface area contributed by atoms with Gasteiger partial charge in [-0.15, -0.1) is 22.7 Å². The molecule has 0 amide bonds. The van der Waals surface area contributed by atoms with Crippen LogP contribution in [0.25, 0.3) is 12.2 Å². The van der Waals surface area contributed by atoms with Gasteiger partial charge in [0.25, 0.3) is 0 Å². The van der Waals surface area contributed by atoms with Crippen LogP contribution in [0.2, 0.25) is 0 Å². The molecule has 0 unspecified atom stereocenters. The molecule has 2 atom stereocenters. The lowest BCUT2D eigenvalue weighted by atomic mass is 10.1. The summed E-state index contributed by atoms with van der Waals surface area (Å²) >= 11 is 3.22. The molecule has 2 aromatic heterocycles. The third kappa shape index (κ3) is 13.3. The summed E-state index contributed by atoms with van der Waals surface area (Å²) in [6.07, 6.45) is 12.0. The molecule has 5 nitrogen and oxygen atoms in total. The summed E-state index contributed by atoms with van der Waals surface area (Å²) in [6, 6.07) is 0. The standard InChI is InChI=1S/C16H21NO2S.C14H19NOS/c1-6-11(2)7-8-16(19-14(5)18)12(3)9-15-10-20-13(4)17-15;1-5-10(2)6-7-14(16)11(3)8-13-9-17-12(4)15-13/h6-7,9-10,16H,1,8H2,2-5H3;5-6,8-9,14,16H,1,7H2,2-4H3/b11-7-,12-9+;10-6-,11-8+/t16-;14-/m00/s1. The quantitative estimate of drug-likeness (QED) is 0.231. The Labute approximate surface area is 230 Å². The Hall–Kier alpha value is -2.87. The predicted molar refractivity (Wildman–Crippen MR) is 160 cm³/mol. The Balaban J connectivity index is 0.000000375. The fourth-order valence-corrected chi connectivity index (χ4v) is 4.16. The van der Waals surface area contributed by atoms with E-state index in [0.717, 1.165) is 43.7 Å². The molecule has 0 aliphatic heterocycles. The number of allylic oxidation sites excluding steroid dienone is 4. The lowest BCUT2D eigenvalue weighted by molar-refractivity contribution is -0.144. The monoisotopic (exact) mass is 540 g/mol. The first-order chi connectivity index (χ1) is 17.4. The molecule has 0 bridgehead atoms. The van der Waals surface area contributed by atoms with E-state index in [9.17, 15) is 9.90 Å². The number of esters is 1. The van der Waals surface area contributed by atoms with Gasteiger partial charge in [-0.2, -0.15) is 0 Å². The number of aryl methyl sites for hydroxylation is 2. The van der Waals surface area contributed by atoms with Crippen molar-refractivity contribution in [3.8, 4) is 0 Å². The average Bonchev–Trinajstić information content (AvgIpc) is 3.46. The van der Waals surface area contributed by atoms with Gasteiger partial charge < -0.3 is 9.84 Å². The van der Waals surface area contributed by atoms with Gasteiger partial charge in [-0.3, -0.25) is 4.79 Å². The van der Waals surface area contributed by atoms with Crippen molar-refractivity contribution in [2.75, 3.05) is 0 Å². The van der Waals surface area contributed by atoms with E-state index in [2.05, 4.69) is 23.1 Å². The van der Waals surface area contributed by atoms with Crippen molar-refractivity contribution in [1.82, 2.24) is 9.97 Å². The molecule has 0 aliphatic carbocycles. The largest absolute Gasteiger partial charge is 0.458 e. The van der Waals surface area contributed by atoms with Gasteiger partial charge in [0.2, 0.25) is 0 Å². The van der Waals surface area contributed by atoms with Gasteiger partial charge >= 0.3 is 5.97 Å². The fraction of sp³-hybridized carbons (Fsp3) is 0.367. The number of aliphatic hydroxyl groups is 1. The third-order valence-electron chi connectivity index (χ3n) is 5.33. The zero-order chi connectivity index (χ0) is 28.0. The summed E-state index contributed by atoms with van der Waals surface area (Å²) in [5.74, 6) is -0.276. The van der Waals surface area contributed by atoms with Crippen LogP contribution in [0.4, 0.5) is 0 Å². The van der Waals surface area contributed by atoms with Crippen molar-refractivity contribution in [2.45, 2.75) is 73.5 Å². The van der Waals surface area contributed by atoms with Crippen LogP contribution >= 0.6 is 22.7 Å². The highest BCUT2D eigenvalue weighted by Gasteiger charge is 2.13. The number of hydrogen-bond acceptors (Lipinski definition) is 7. The lowest BCUT2D eigenvalue weighted by Gasteiger charge is -2.16. The fourth-order valence-electron chi connectivity index (χ4n) is 3.02. The van der Waals surface area contributed by atoms with Gasteiger partial charge in [-0.1, -0.05) is 48.6 Å². The Bertz CT molecular complexity index is 1170. The normalized spacial score (nSPS) is 14.4. The topological polar surface area (TPSA) is 72.3 Å². The minimum Gasteiger partial charge on any atom is -0.458 e. The van der Waals surface area contributed by atoms with E-state index in [1.54, 1.807) is 34.8 Å². The Morgan fingerprint density at radius 3 is 1.76 bits per heavy atom. The Morgan fingerprint density at radius 1 is 0.892 bits per heavy atom. The van der Waals surface area contributed by atoms with Gasteiger partial charge in [0, 0.05) is 24.1 Å². The van der Waals surface area contributed by atoms with Crippen LogP contribution < -0.4 is 0 Å². The highest BCUT2D eigenvalue weighted by Crippen LogP contribution is 2.19. The van der Waals surface area contributed by atoms with Crippen LogP contribution in [0.1, 0.15) is 68.9 Å². The van der Waals surface area contributed by atoms with Crippen molar-refractivity contribution in [3.05, 3.63) is 91.9 Å². The molecule has 0 aromatic carbocycles. The Morgan fingerprint density at radius 2 is 1.35 bits per heavy atom. The number of carbonyl (C=O) groups is 1. The van der Waals surface area contributed by atoms with Crippen LogP contribution in [0.15, 0.2) is 70.5 Å². The zero-order valence-electron chi connectivity index (χ0n) is 23.1. The van der Waals surface area contributed by atoms with Gasteiger partial charge in [-0.25, -0.2) is 9.97 Å². The first-order valence-electron chi connectivity index (χ1n) is 12.1. The summed E-state index contributed by atoms with van der Waals surface area (Å²) in [4.78, 5) is 20.0. The average molecular weight is 541 g/mol. The SMILES string of the molecule is C=C/C(C)=C\C[C@H](O)/C(C)=C/c1csc(C)n1.C=C/C(C)=C\C[C@H](OC(C)=O)/C(C)=C/c1csc(C)n1. The summed E-state index contributed by atoms with van der Waals surface area (Å²) in [5, 5.41) is 16.0. The number of hydrogen-bond donors (Lipinski definition) is 1. The minimum atomic E-state index is -0.452. The van der Waals surface area contributed by atoms with Crippen LogP contribution in [0.5, 0.6) is 0 Å². The van der Waals surface area contributed by atoms with Crippen LogP contribution in [0, 0.1) is 13.8 Å². The lowest BCUT2D eigenvalue weighted by Crippen LogP contribution is -2.17. The van der Waals surface area contributed by atoms with Crippen LogP contribution in [-0.4, -0.2) is 33.3 Å². The van der Waals surface area contributed by atoms with Gasteiger partial charge in [0.1, 0.15) is 6.10 Å². The van der Waals surface area contributed by atoms with Crippen molar-refractivity contribution >= 4 is 40.8 Å². The van der Waals surface area contributed by atoms with E-state index in [1.165, 1.54) is 6.92 Å². The van der Waals surface area contributed by atoms with Crippen LogP contribution in [0.3, 0.4) is 0 Å². The minimum absolute atomic E-state index is 0.260. The number of ether oxygens (including phenoxy) is 1. The van der Waals surface area contributed by atoms with Crippen molar-refractivity contribution in [2.24, 2.45) is 0 Å². The number of rotatable bonds is 11. The molecule has 2 rings (SSSR count). The van der Waals surface area contributed by atoms with Crippen molar-refractivity contribution < 1.29 is 14.6 Å². The van der Waals surface area contributed by atoms with Crippen molar-refractivity contribution in [1.29, 1.82) is 0 Å². The molecule has 0 saturated carbocycles. The summed E-state index contributed by atoms with van der Waals surface area (Å²) in [7, 11) is 0. The number of carbonyl (C=O) groups excluding carboxylic acids is 1. The molecule has 37 heavy (non-hydrogen) atoms. The zero-order valence-corrected chi connectivity index (χ0v) is 24.7. The molecule has 2 aromatic rings. The maximum absolute atomic E-state index is 11.2. The number of thiazole rings is 2. The van der Waals surface area contributed by atoms with Gasteiger partial charge in [0.15, 0.2) is 0 Å². The van der Waals surface area contributed by atoms with Crippen LogP contribution in [-0.2, 0) is 9.53 Å². The summed E-state index contributed by atoms with van der Waals surface area (Å²) in [6.45, 7) is 20.6. The third-order valence-corrected chi connectivity index (χ3v) is 6.91. The maximum Gasteiger partial charge on any atom is 0.303 e. The second-order valence-corrected chi connectivity index (χ2v) is 10.9. The van der Waals surface area contributed by atoms with E-state index in [0.29, 0.717) is 12.8 Å². The van der Waals surface area contributed by atoms with E-state index < -0.39 is 6.10 Å². The molecule has 1 N–H and O–H groups in total. The molecule has 0 saturated heterocycles. The highest BCUT2D eigenvalue weighted by atomic mass is 32.1. The summed E-state index contributed by atoms with van der Waals surface area (Å²) in [5.41, 5.74) is 5.91. The number of aliphatic hydroxyl groups excluding tert-OH is 1. The smallest absolute Gasteiger partial charge is 0.303 e. The highest BCUT2D eigenvalue weighted by molar-refractivity contribution is 7.09. The maximum atomic E-state index is 11.2. The number of aromatic nitrogens is 2. The predicted octanol–water partition coefficient (Wildman–Crippen LogP) is 8.05. The second-order valence-electron chi connectivity index (χ2n) is 8.75. The summed E-state index contributed by atoms with van der Waals surface area (Å²) < 4.78 is 5.38. The molecule has 0 fully saturated rings.